The van der Waals surface area contributed by atoms with Gasteiger partial charge in [0.1, 0.15) is 12.4 Å². The minimum Gasteiger partial charge on any atom is -0.478 e. The van der Waals surface area contributed by atoms with Crippen molar-refractivity contribution in [2.45, 2.75) is 0 Å². The fourth-order valence-corrected chi connectivity index (χ4v) is 1.17. The molecule has 0 aliphatic heterocycles. The molecule has 7 nitrogen and oxygen atoms in total. The summed E-state index contributed by atoms with van der Waals surface area (Å²) in [5.74, 6) is -1.44. The van der Waals surface area contributed by atoms with Crippen molar-refractivity contribution >= 4 is 18.0 Å². The number of nitrogens with one attached hydrogen (secondary N) is 1. The fraction of sp³-hybridized carbons (Fsp3) is 0.154. The summed E-state index contributed by atoms with van der Waals surface area (Å²) >= 11 is 0. The first-order valence-electron chi connectivity index (χ1n) is 5.61. The predicted molar refractivity (Wildman–Crippen MR) is 68.6 cm³/mol. The van der Waals surface area contributed by atoms with Gasteiger partial charge in [0.25, 0.3) is 0 Å². The smallest absolute Gasteiger partial charge is 0.412 e. The van der Waals surface area contributed by atoms with E-state index in [9.17, 15) is 14.4 Å². The molecule has 20 heavy (non-hydrogen) atoms. The van der Waals surface area contributed by atoms with Gasteiger partial charge in [0.2, 0.25) is 0 Å². The van der Waals surface area contributed by atoms with Crippen molar-refractivity contribution in [3.05, 3.63) is 42.5 Å². The first kappa shape index (κ1) is 15.2. The van der Waals surface area contributed by atoms with E-state index in [1.54, 1.807) is 0 Å². The van der Waals surface area contributed by atoms with Gasteiger partial charge in [-0.15, -0.1) is 0 Å². The van der Waals surface area contributed by atoms with Gasteiger partial charge in [-0.05, 0) is 24.3 Å². The number of hydrogen-bond acceptors (Lipinski definition) is 5. The van der Waals surface area contributed by atoms with Crippen molar-refractivity contribution in [3.8, 4) is 5.75 Å². The van der Waals surface area contributed by atoms with Crippen LogP contribution in [0.5, 0.6) is 5.75 Å². The second kappa shape index (κ2) is 7.57. The lowest BCUT2D eigenvalue weighted by atomic mass is 10.2. The number of aromatic carboxylic acids is 1. The first-order valence-corrected chi connectivity index (χ1v) is 5.61. The van der Waals surface area contributed by atoms with Gasteiger partial charge in [-0.2, -0.15) is 0 Å². The van der Waals surface area contributed by atoms with Crippen molar-refractivity contribution < 1.29 is 29.0 Å². The molecule has 2 N–H and O–H groups in total. The Morgan fingerprint density at radius 1 is 1.25 bits per heavy atom. The maximum Gasteiger partial charge on any atom is 0.412 e. The molecule has 0 aliphatic rings. The Balaban J connectivity index is 2.33. The monoisotopic (exact) mass is 279 g/mol. The Hall–Kier alpha value is -2.83. The highest BCUT2D eigenvalue weighted by atomic mass is 16.6. The second-order valence-corrected chi connectivity index (χ2v) is 3.52. The average molecular weight is 279 g/mol. The summed E-state index contributed by atoms with van der Waals surface area (Å²) in [6.07, 6.45) is 0.283. The number of carbonyl (C=O) groups excluding carboxylic acids is 2. The maximum absolute atomic E-state index is 11.3. The van der Waals surface area contributed by atoms with Crippen LogP contribution >= 0.6 is 0 Å². The molecule has 0 unspecified atom stereocenters. The van der Waals surface area contributed by atoms with E-state index in [2.05, 4.69) is 16.6 Å². The number of amides is 1. The molecule has 1 aromatic carbocycles. The number of esters is 1. The van der Waals surface area contributed by atoms with Gasteiger partial charge >= 0.3 is 18.0 Å². The van der Waals surface area contributed by atoms with E-state index in [1.165, 1.54) is 24.3 Å². The zero-order chi connectivity index (χ0) is 15.0. The van der Waals surface area contributed by atoms with Crippen molar-refractivity contribution in [1.82, 2.24) is 5.32 Å². The minimum absolute atomic E-state index is 0.00208. The van der Waals surface area contributed by atoms with Gasteiger partial charge in [-0.3, -0.25) is 0 Å². The van der Waals surface area contributed by atoms with Gasteiger partial charge in [0.15, 0.2) is 0 Å². The lowest BCUT2D eigenvalue weighted by Gasteiger charge is -2.06. The van der Waals surface area contributed by atoms with E-state index in [0.29, 0.717) is 0 Å². The van der Waals surface area contributed by atoms with E-state index < -0.39 is 18.0 Å². The van der Waals surface area contributed by atoms with Crippen LogP contribution in [0.3, 0.4) is 0 Å². The molecule has 0 saturated heterocycles. The zero-order valence-electron chi connectivity index (χ0n) is 10.5. The second-order valence-electron chi connectivity index (χ2n) is 3.52. The Morgan fingerprint density at radius 3 is 2.45 bits per heavy atom. The quantitative estimate of drug-likeness (QED) is 0.461. The molecule has 0 saturated carbocycles. The van der Waals surface area contributed by atoms with Crippen molar-refractivity contribution in [1.29, 1.82) is 0 Å². The predicted octanol–water partition coefficient (Wildman–Crippen LogP) is 1.20. The molecule has 106 valence electrons. The maximum atomic E-state index is 11.3. The molecule has 1 amide bonds. The highest BCUT2D eigenvalue weighted by Gasteiger charge is 2.06. The third-order valence-corrected chi connectivity index (χ3v) is 2.09. The fourth-order valence-electron chi connectivity index (χ4n) is 1.17. The van der Waals surface area contributed by atoms with E-state index in [0.717, 1.165) is 6.08 Å². The van der Waals surface area contributed by atoms with Gasteiger partial charge in [0, 0.05) is 6.08 Å². The number of carbonyl (C=O) groups is 3. The molecule has 0 aliphatic carbocycles. The summed E-state index contributed by atoms with van der Waals surface area (Å²) in [5.41, 5.74) is 0.0918. The zero-order valence-corrected chi connectivity index (χ0v) is 10.5. The van der Waals surface area contributed by atoms with Gasteiger partial charge in [-0.25, -0.2) is 14.4 Å². The lowest BCUT2D eigenvalue weighted by molar-refractivity contribution is -0.137. The molecule has 0 atom stereocenters. The summed E-state index contributed by atoms with van der Waals surface area (Å²) in [7, 11) is 0. The van der Waals surface area contributed by atoms with Crippen molar-refractivity contribution in [2.75, 3.05) is 13.2 Å². The molecule has 0 fully saturated rings. The van der Waals surface area contributed by atoms with Crippen LogP contribution in [0.15, 0.2) is 36.9 Å². The molecule has 1 rings (SSSR count). The largest absolute Gasteiger partial charge is 0.478 e. The SMILES string of the molecule is C=CC(=O)OCCNC(=O)Oc1ccc(C(=O)O)cc1. The molecule has 0 radical (unpaired) electrons. The number of hydrogen-bond donors (Lipinski definition) is 2. The van der Waals surface area contributed by atoms with Crippen LogP contribution in [0.1, 0.15) is 10.4 Å². The molecule has 0 aromatic heterocycles. The molecule has 0 spiro atoms. The summed E-state index contributed by atoms with van der Waals surface area (Å²) < 4.78 is 9.52. The van der Waals surface area contributed by atoms with E-state index in [1.807, 2.05) is 0 Å². The Labute approximate surface area is 114 Å². The molecular formula is C13H13NO6. The van der Waals surface area contributed by atoms with Crippen LogP contribution in [0.2, 0.25) is 0 Å². The third kappa shape index (κ3) is 5.21. The number of ether oxygens (including phenoxy) is 2. The Bertz CT molecular complexity index is 508. The van der Waals surface area contributed by atoms with E-state index >= 15 is 0 Å². The summed E-state index contributed by atoms with van der Waals surface area (Å²) in [6, 6.07) is 5.36. The Morgan fingerprint density at radius 2 is 1.90 bits per heavy atom. The topological polar surface area (TPSA) is 102 Å². The van der Waals surface area contributed by atoms with Crippen LogP contribution in [0.4, 0.5) is 4.79 Å². The van der Waals surface area contributed by atoms with Crippen molar-refractivity contribution in [2.24, 2.45) is 0 Å². The van der Waals surface area contributed by atoms with Crippen LogP contribution in [-0.2, 0) is 9.53 Å². The highest BCUT2D eigenvalue weighted by molar-refractivity contribution is 5.87. The summed E-state index contributed by atoms with van der Waals surface area (Å²) in [6.45, 7) is 3.31. The number of benzene rings is 1. The van der Waals surface area contributed by atoms with E-state index in [4.69, 9.17) is 9.84 Å². The number of carboxylic acid groups (broad SMARTS) is 1. The third-order valence-electron chi connectivity index (χ3n) is 2.09. The van der Waals surface area contributed by atoms with E-state index in [-0.39, 0.29) is 24.5 Å². The van der Waals surface area contributed by atoms with Gasteiger partial charge in [0.05, 0.1) is 12.1 Å². The van der Waals surface area contributed by atoms with Crippen LogP contribution in [0, 0.1) is 0 Å². The average Bonchev–Trinajstić information content (AvgIpc) is 2.43. The minimum atomic E-state index is -1.06. The molecule has 7 heteroatoms. The van der Waals surface area contributed by atoms with Crippen LogP contribution in [-0.4, -0.2) is 36.3 Å². The normalized spacial score (nSPS) is 9.40. The standard InChI is InChI=1S/C13H13NO6/c1-2-11(15)19-8-7-14-13(18)20-10-5-3-9(4-6-10)12(16)17/h2-6H,1,7-8H2,(H,14,18)(H,16,17). The van der Waals surface area contributed by atoms with Gasteiger partial charge in [-0.1, -0.05) is 6.58 Å². The lowest BCUT2D eigenvalue weighted by Crippen LogP contribution is -2.30. The Kier molecular flexibility index (Phi) is 5.76. The number of rotatable bonds is 6. The molecular weight excluding hydrogens is 266 g/mol. The highest BCUT2D eigenvalue weighted by Crippen LogP contribution is 2.12. The number of carboxylic acids is 1. The first-order chi connectivity index (χ1) is 9.52. The summed E-state index contributed by atoms with van der Waals surface area (Å²) in [5, 5.41) is 11.1. The van der Waals surface area contributed by atoms with Crippen LogP contribution in [0.25, 0.3) is 0 Å². The van der Waals surface area contributed by atoms with Gasteiger partial charge < -0.3 is 19.9 Å². The molecule has 0 bridgehead atoms. The molecule has 0 heterocycles. The van der Waals surface area contributed by atoms with Crippen molar-refractivity contribution in [3.63, 3.8) is 0 Å². The summed E-state index contributed by atoms with van der Waals surface area (Å²) in [4.78, 5) is 32.7. The molecule has 1 aromatic rings. The van der Waals surface area contributed by atoms with Crippen LogP contribution < -0.4 is 10.1 Å².